The molecule has 0 radical (unpaired) electrons. The fourth-order valence-corrected chi connectivity index (χ4v) is 3.74. The third-order valence-electron chi connectivity index (χ3n) is 5.51. The fraction of sp³-hybridized carbons (Fsp3) is 0.304. The van der Waals surface area contributed by atoms with Gasteiger partial charge in [0.05, 0.1) is 11.9 Å². The summed E-state index contributed by atoms with van der Waals surface area (Å²) in [5.74, 6) is -0.119. The summed E-state index contributed by atoms with van der Waals surface area (Å²) in [4.78, 5) is 37.0. The third kappa shape index (κ3) is 4.46. The van der Waals surface area contributed by atoms with E-state index in [2.05, 4.69) is 9.97 Å². The predicted molar refractivity (Wildman–Crippen MR) is 118 cm³/mol. The molecule has 0 saturated carbocycles. The van der Waals surface area contributed by atoms with Gasteiger partial charge in [-0.3, -0.25) is 14.3 Å². The number of amides is 1. The van der Waals surface area contributed by atoms with Crippen molar-refractivity contribution < 1.29 is 13.9 Å². The van der Waals surface area contributed by atoms with Crippen LogP contribution in [0.3, 0.4) is 0 Å². The second-order valence-electron chi connectivity index (χ2n) is 7.72. The van der Waals surface area contributed by atoms with Crippen LogP contribution >= 0.6 is 0 Å². The highest BCUT2D eigenvalue weighted by Crippen LogP contribution is 2.23. The van der Waals surface area contributed by atoms with Crippen molar-refractivity contribution in [3.8, 4) is 11.3 Å². The Morgan fingerprint density at radius 1 is 1.22 bits per heavy atom. The standard InChI is InChI=1S/C23H24FN5O3/c1-16-14-28(23(31)32-15-17-6-4-3-5-7-17)10-11-29(16)22-26-20(12-21(30)27(22)2)18-8-9-25-13-19(18)24/h3-9,12-13,16H,10-11,14-15H2,1-2H3/t16-/m0/s1. The Morgan fingerprint density at radius 2 is 2.00 bits per heavy atom. The van der Waals surface area contributed by atoms with Crippen LogP contribution in [-0.2, 0) is 18.4 Å². The molecule has 166 valence electrons. The lowest BCUT2D eigenvalue weighted by Crippen LogP contribution is -2.55. The van der Waals surface area contributed by atoms with Crippen molar-refractivity contribution in [2.24, 2.45) is 7.05 Å². The van der Waals surface area contributed by atoms with E-state index in [9.17, 15) is 14.0 Å². The number of hydrogen-bond acceptors (Lipinski definition) is 6. The molecule has 1 atom stereocenters. The number of piperazine rings is 1. The molecular weight excluding hydrogens is 413 g/mol. The van der Waals surface area contributed by atoms with Crippen LogP contribution in [0, 0.1) is 5.82 Å². The molecule has 0 spiro atoms. The molecule has 0 aliphatic carbocycles. The van der Waals surface area contributed by atoms with Gasteiger partial charge in [-0.1, -0.05) is 30.3 Å². The van der Waals surface area contributed by atoms with Crippen molar-refractivity contribution in [1.29, 1.82) is 0 Å². The van der Waals surface area contributed by atoms with Crippen LogP contribution in [0.2, 0.25) is 0 Å². The quantitative estimate of drug-likeness (QED) is 0.625. The number of benzene rings is 1. The van der Waals surface area contributed by atoms with Gasteiger partial charge in [0.2, 0.25) is 5.95 Å². The Bertz CT molecular complexity index is 1170. The number of pyridine rings is 1. The first-order valence-electron chi connectivity index (χ1n) is 10.3. The van der Waals surface area contributed by atoms with Gasteiger partial charge in [-0.15, -0.1) is 0 Å². The normalized spacial score (nSPS) is 16.2. The Hall–Kier alpha value is -3.75. The van der Waals surface area contributed by atoms with Crippen LogP contribution < -0.4 is 10.5 Å². The lowest BCUT2D eigenvalue weighted by atomic mass is 10.1. The summed E-state index contributed by atoms with van der Waals surface area (Å²) in [5.41, 5.74) is 1.10. The van der Waals surface area contributed by atoms with Gasteiger partial charge in [0.15, 0.2) is 5.82 Å². The largest absolute Gasteiger partial charge is 0.445 e. The molecule has 1 fully saturated rings. The first kappa shape index (κ1) is 21.5. The number of nitrogens with zero attached hydrogens (tertiary/aromatic N) is 5. The van der Waals surface area contributed by atoms with Crippen LogP contribution in [0.1, 0.15) is 12.5 Å². The van der Waals surface area contributed by atoms with Gasteiger partial charge in [0.1, 0.15) is 6.61 Å². The lowest BCUT2D eigenvalue weighted by molar-refractivity contribution is 0.0896. The summed E-state index contributed by atoms with van der Waals surface area (Å²) in [6.45, 7) is 3.45. The lowest BCUT2D eigenvalue weighted by Gasteiger charge is -2.40. The van der Waals surface area contributed by atoms with Crippen LogP contribution in [-0.4, -0.2) is 51.2 Å². The summed E-state index contributed by atoms with van der Waals surface area (Å²) in [7, 11) is 1.63. The highest BCUT2D eigenvalue weighted by atomic mass is 19.1. The Kier molecular flexibility index (Phi) is 6.16. The summed E-state index contributed by atoms with van der Waals surface area (Å²) >= 11 is 0. The Balaban J connectivity index is 1.49. The zero-order valence-corrected chi connectivity index (χ0v) is 17.9. The minimum Gasteiger partial charge on any atom is -0.445 e. The van der Waals surface area contributed by atoms with E-state index in [1.54, 1.807) is 11.9 Å². The average Bonchev–Trinajstić information content (AvgIpc) is 2.80. The molecule has 8 nitrogen and oxygen atoms in total. The van der Waals surface area contributed by atoms with Crippen molar-refractivity contribution in [3.63, 3.8) is 0 Å². The van der Waals surface area contributed by atoms with E-state index in [4.69, 9.17) is 4.74 Å². The van der Waals surface area contributed by atoms with E-state index >= 15 is 0 Å². The van der Waals surface area contributed by atoms with Crippen molar-refractivity contribution in [3.05, 3.63) is 76.6 Å². The molecule has 4 rings (SSSR count). The predicted octanol–water partition coefficient (Wildman–Crippen LogP) is 2.83. The molecule has 32 heavy (non-hydrogen) atoms. The number of carbonyl (C=O) groups is 1. The molecule has 0 N–H and O–H groups in total. The summed E-state index contributed by atoms with van der Waals surface area (Å²) in [6, 6.07) is 12.2. The smallest absolute Gasteiger partial charge is 0.410 e. The Labute approximate surface area is 184 Å². The van der Waals surface area contributed by atoms with Crippen molar-refractivity contribution in [1.82, 2.24) is 19.4 Å². The summed E-state index contributed by atoms with van der Waals surface area (Å²) in [5, 5.41) is 0. The zero-order valence-electron chi connectivity index (χ0n) is 17.9. The molecule has 1 saturated heterocycles. The molecular formula is C23H24FN5O3. The molecule has 9 heteroatoms. The highest BCUT2D eigenvalue weighted by Gasteiger charge is 2.30. The van der Waals surface area contributed by atoms with Crippen LogP contribution in [0.25, 0.3) is 11.3 Å². The molecule has 0 bridgehead atoms. The van der Waals surface area contributed by atoms with Crippen molar-refractivity contribution >= 4 is 12.0 Å². The fourth-order valence-electron chi connectivity index (χ4n) is 3.74. The molecule has 1 aliphatic heterocycles. The molecule has 2 aromatic heterocycles. The summed E-state index contributed by atoms with van der Waals surface area (Å²) < 4.78 is 21.1. The number of ether oxygens (including phenoxy) is 1. The van der Waals surface area contributed by atoms with Gasteiger partial charge in [-0.05, 0) is 18.6 Å². The molecule has 3 aromatic rings. The maximum Gasteiger partial charge on any atom is 0.410 e. The van der Waals surface area contributed by atoms with Crippen LogP contribution in [0.5, 0.6) is 0 Å². The maximum absolute atomic E-state index is 14.2. The number of aromatic nitrogens is 3. The number of hydrogen-bond donors (Lipinski definition) is 0. The first-order chi connectivity index (χ1) is 15.4. The second-order valence-corrected chi connectivity index (χ2v) is 7.72. The van der Waals surface area contributed by atoms with Crippen LogP contribution in [0.4, 0.5) is 15.1 Å². The van der Waals surface area contributed by atoms with E-state index in [0.717, 1.165) is 11.8 Å². The maximum atomic E-state index is 14.2. The van der Waals surface area contributed by atoms with Gasteiger partial charge in [0, 0.05) is 50.6 Å². The zero-order chi connectivity index (χ0) is 22.7. The topological polar surface area (TPSA) is 80.6 Å². The highest BCUT2D eigenvalue weighted by molar-refractivity contribution is 5.68. The number of anilines is 1. The minimum absolute atomic E-state index is 0.122. The number of halogens is 1. The van der Waals surface area contributed by atoms with Crippen LogP contribution in [0.15, 0.2) is 59.7 Å². The van der Waals surface area contributed by atoms with E-state index in [0.29, 0.717) is 25.6 Å². The van der Waals surface area contributed by atoms with Crippen molar-refractivity contribution in [2.75, 3.05) is 24.5 Å². The molecule has 1 aromatic carbocycles. The molecule has 0 unspecified atom stereocenters. The summed E-state index contributed by atoms with van der Waals surface area (Å²) in [6.07, 6.45) is 2.17. The van der Waals surface area contributed by atoms with Gasteiger partial charge in [-0.25, -0.2) is 14.2 Å². The van der Waals surface area contributed by atoms with E-state index in [-0.39, 0.29) is 35.6 Å². The van der Waals surface area contributed by atoms with E-state index in [1.165, 1.54) is 22.9 Å². The van der Waals surface area contributed by atoms with Gasteiger partial charge in [0.25, 0.3) is 5.56 Å². The van der Waals surface area contributed by atoms with Crippen molar-refractivity contribution in [2.45, 2.75) is 19.6 Å². The monoisotopic (exact) mass is 437 g/mol. The first-order valence-corrected chi connectivity index (χ1v) is 10.3. The van der Waals surface area contributed by atoms with E-state index < -0.39 is 5.82 Å². The number of carbonyl (C=O) groups excluding carboxylic acids is 1. The average molecular weight is 437 g/mol. The minimum atomic E-state index is -0.543. The van der Waals surface area contributed by atoms with Gasteiger partial charge >= 0.3 is 6.09 Å². The molecule has 1 aliphatic rings. The van der Waals surface area contributed by atoms with E-state index in [1.807, 2.05) is 42.2 Å². The molecule has 3 heterocycles. The third-order valence-corrected chi connectivity index (χ3v) is 5.51. The number of rotatable bonds is 4. The van der Waals surface area contributed by atoms with Gasteiger partial charge in [-0.2, -0.15) is 0 Å². The second kappa shape index (κ2) is 9.17. The Morgan fingerprint density at radius 3 is 2.72 bits per heavy atom. The van der Waals surface area contributed by atoms with Gasteiger partial charge < -0.3 is 14.5 Å². The SMILES string of the molecule is C[C@H]1CN(C(=O)OCc2ccccc2)CCN1c1nc(-c2ccncc2F)cc(=O)n1C. The molecule has 1 amide bonds.